The number of halogens is 1. The summed E-state index contributed by atoms with van der Waals surface area (Å²) < 4.78 is 1.73. The zero-order valence-electron chi connectivity index (χ0n) is 18.0. The molecule has 4 heterocycles. The Hall–Kier alpha value is -3.19. The van der Waals surface area contributed by atoms with Crippen molar-refractivity contribution in [1.29, 1.82) is 0 Å². The summed E-state index contributed by atoms with van der Waals surface area (Å²) in [5.74, 6) is 1.20. The van der Waals surface area contributed by atoms with Gasteiger partial charge < -0.3 is 0 Å². The lowest BCUT2D eigenvalue weighted by Crippen LogP contribution is -2.51. The molecule has 6 rings (SSSR count). The van der Waals surface area contributed by atoms with Crippen molar-refractivity contribution in [2.24, 2.45) is 4.99 Å². The van der Waals surface area contributed by atoms with Gasteiger partial charge >= 0.3 is 0 Å². The monoisotopic (exact) mass is 446 g/mol. The summed E-state index contributed by atoms with van der Waals surface area (Å²) >= 11 is 6.71. The number of rotatable bonds is 3. The third-order valence-electron chi connectivity index (χ3n) is 6.66. The van der Waals surface area contributed by atoms with Gasteiger partial charge in [-0.2, -0.15) is 5.10 Å². The van der Waals surface area contributed by atoms with E-state index in [0.717, 1.165) is 41.8 Å². The van der Waals surface area contributed by atoms with Gasteiger partial charge in [-0.15, -0.1) is 0 Å². The van der Waals surface area contributed by atoms with Crippen LogP contribution in [-0.4, -0.2) is 50.7 Å². The molecule has 1 aromatic carbocycles. The highest BCUT2D eigenvalue weighted by Gasteiger charge is 2.49. The average Bonchev–Trinajstić information content (AvgIpc) is 3.46. The molecule has 0 spiro atoms. The number of hydrogen-bond donors (Lipinski definition) is 0. The Labute approximate surface area is 191 Å². The Morgan fingerprint density at radius 3 is 2.72 bits per heavy atom. The summed E-state index contributed by atoms with van der Waals surface area (Å²) in [6.07, 6.45) is 3.25. The topological polar surface area (TPSA) is 66.6 Å². The van der Waals surface area contributed by atoms with Crippen LogP contribution in [0, 0.1) is 6.92 Å². The normalized spacial score (nSPS) is 21.5. The second kappa shape index (κ2) is 7.17. The van der Waals surface area contributed by atoms with E-state index in [0.29, 0.717) is 29.0 Å². The minimum Gasteiger partial charge on any atom is -0.289 e. The van der Waals surface area contributed by atoms with E-state index >= 15 is 0 Å². The molecule has 1 aliphatic carbocycles. The number of hydrogen-bond acceptors (Lipinski definition) is 5. The first-order valence-electron chi connectivity index (χ1n) is 11.0. The van der Waals surface area contributed by atoms with E-state index in [9.17, 15) is 4.79 Å². The minimum atomic E-state index is -0.146. The van der Waals surface area contributed by atoms with Crippen LogP contribution in [0.15, 0.2) is 47.5 Å². The fraction of sp³-hybridized carbons (Fsp3) is 0.333. The van der Waals surface area contributed by atoms with Gasteiger partial charge in [0.25, 0.3) is 5.91 Å². The fourth-order valence-corrected chi connectivity index (χ4v) is 5.30. The molecule has 8 heteroatoms. The molecule has 0 saturated heterocycles. The van der Waals surface area contributed by atoms with E-state index in [1.807, 2.05) is 25.1 Å². The first kappa shape index (κ1) is 19.5. The summed E-state index contributed by atoms with van der Waals surface area (Å²) in [5, 5.41) is 5.17. The second-order valence-electron chi connectivity index (χ2n) is 8.74. The first-order valence-corrected chi connectivity index (χ1v) is 11.3. The summed E-state index contributed by atoms with van der Waals surface area (Å²) in [4.78, 5) is 26.2. The SMILES string of the molecule is Cc1cccc(-c2ccc(Cn3nc4c(c3Cl)C(=O)N(C)C3=NC5CCCC5N34)cc2)n1. The molecule has 0 N–H and O–H groups in total. The van der Waals surface area contributed by atoms with Crippen LogP contribution in [0.2, 0.25) is 5.15 Å². The van der Waals surface area contributed by atoms with Crippen LogP contribution in [0.5, 0.6) is 0 Å². The van der Waals surface area contributed by atoms with E-state index in [1.165, 1.54) is 0 Å². The molecule has 1 saturated carbocycles. The van der Waals surface area contributed by atoms with Crippen LogP contribution in [0.1, 0.15) is 40.9 Å². The van der Waals surface area contributed by atoms with Gasteiger partial charge in [0.2, 0.25) is 5.96 Å². The van der Waals surface area contributed by atoms with Gasteiger partial charge in [-0.3, -0.25) is 19.6 Å². The molecule has 2 aliphatic heterocycles. The highest BCUT2D eigenvalue weighted by molar-refractivity contribution is 6.35. The number of guanidine groups is 1. The smallest absolute Gasteiger partial charge is 0.267 e. The van der Waals surface area contributed by atoms with Crippen molar-refractivity contribution in [2.75, 3.05) is 11.9 Å². The number of aromatic nitrogens is 3. The van der Waals surface area contributed by atoms with Crippen molar-refractivity contribution in [2.45, 2.75) is 44.8 Å². The van der Waals surface area contributed by atoms with Crippen molar-refractivity contribution < 1.29 is 4.79 Å². The van der Waals surface area contributed by atoms with Crippen LogP contribution >= 0.6 is 11.6 Å². The first-order chi connectivity index (χ1) is 15.5. The molecule has 0 bridgehead atoms. The number of aliphatic imine (C=N–C) groups is 1. The summed E-state index contributed by atoms with van der Waals surface area (Å²) in [7, 11) is 1.77. The fourth-order valence-electron chi connectivity index (χ4n) is 5.03. The average molecular weight is 447 g/mol. The third kappa shape index (κ3) is 2.88. The Kier molecular flexibility index (Phi) is 4.37. The molecule has 7 nitrogen and oxygen atoms in total. The summed E-state index contributed by atoms with van der Waals surface area (Å²) in [6.45, 7) is 2.47. The standard InChI is InChI=1S/C24H23ClN6O/c1-14-5-3-6-17(26-14)16-11-9-15(10-12-16)13-30-21(25)20-22(28-30)31-19-8-4-7-18(19)27-24(31)29(2)23(20)32/h3,5-6,9-12,18-19H,4,7-8,13H2,1-2H3. The maximum Gasteiger partial charge on any atom is 0.267 e. The number of nitrogens with zero attached hydrogens (tertiary/aromatic N) is 6. The van der Waals surface area contributed by atoms with E-state index in [-0.39, 0.29) is 18.0 Å². The van der Waals surface area contributed by atoms with Crippen LogP contribution in [0.4, 0.5) is 5.82 Å². The lowest BCUT2D eigenvalue weighted by molar-refractivity contribution is 0.0865. The quantitative estimate of drug-likeness (QED) is 0.606. The number of carbonyl (C=O) groups is 1. The molecule has 32 heavy (non-hydrogen) atoms. The molecule has 2 unspecified atom stereocenters. The molecule has 3 aromatic rings. The highest BCUT2D eigenvalue weighted by Crippen LogP contribution is 2.42. The van der Waals surface area contributed by atoms with Gasteiger partial charge in [0.1, 0.15) is 10.7 Å². The second-order valence-corrected chi connectivity index (χ2v) is 9.10. The molecule has 1 fully saturated rings. The lowest BCUT2D eigenvalue weighted by atomic mass is 10.1. The number of fused-ring (bicyclic) bond motifs is 5. The minimum absolute atomic E-state index is 0.146. The molecule has 162 valence electrons. The lowest BCUT2D eigenvalue weighted by Gasteiger charge is -2.33. The van der Waals surface area contributed by atoms with Gasteiger partial charge in [-0.1, -0.05) is 41.9 Å². The molecule has 2 aromatic heterocycles. The van der Waals surface area contributed by atoms with Crippen molar-refractivity contribution in [3.8, 4) is 11.3 Å². The Morgan fingerprint density at radius 2 is 1.94 bits per heavy atom. The zero-order valence-corrected chi connectivity index (χ0v) is 18.8. The maximum atomic E-state index is 13.1. The Balaban J connectivity index is 1.33. The number of anilines is 1. The predicted octanol–water partition coefficient (Wildman–Crippen LogP) is 4.14. The van der Waals surface area contributed by atoms with Crippen molar-refractivity contribution in [1.82, 2.24) is 19.7 Å². The molecular formula is C24H23ClN6O. The van der Waals surface area contributed by atoms with Gasteiger partial charge in [0.15, 0.2) is 5.82 Å². The van der Waals surface area contributed by atoms with Crippen molar-refractivity contribution in [3.63, 3.8) is 0 Å². The number of carbonyl (C=O) groups excluding carboxylic acids is 1. The van der Waals surface area contributed by atoms with E-state index < -0.39 is 0 Å². The Bertz CT molecular complexity index is 1260. The van der Waals surface area contributed by atoms with Gasteiger partial charge in [-0.05, 0) is 43.9 Å². The van der Waals surface area contributed by atoms with E-state index in [1.54, 1.807) is 16.6 Å². The third-order valence-corrected chi connectivity index (χ3v) is 7.05. The highest BCUT2D eigenvalue weighted by atomic mass is 35.5. The van der Waals surface area contributed by atoms with Gasteiger partial charge in [-0.25, -0.2) is 9.67 Å². The molecule has 1 amide bonds. The van der Waals surface area contributed by atoms with Crippen molar-refractivity contribution in [3.05, 3.63) is 64.4 Å². The van der Waals surface area contributed by atoms with E-state index in [2.05, 4.69) is 34.1 Å². The molecule has 3 aliphatic rings. The largest absolute Gasteiger partial charge is 0.289 e. The van der Waals surface area contributed by atoms with Crippen LogP contribution in [0.25, 0.3) is 11.3 Å². The van der Waals surface area contributed by atoms with Crippen LogP contribution < -0.4 is 4.90 Å². The predicted molar refractivity (Wildman–Crippen MR) is 124 cm³/mol. The number of pyridine rings is 1. The molecule has 0 radical (unpaired) electrons. The van der Waals surface area contributed by atoms with Crippen LogP contribution in [0.3, 0.4) is 0 Å². The van der Waals surface area contributed by atoms with Crippen LogP contribution in [-0.2, 0) is 6.54 Å². The number of aryl methyl sites for hydroxylation is 1. The number of amides is 1. The van der Waals surface area contributed by atoms with Gasteiger partial charge in [0.05, 0.1) is 24.3 Å². The summed E-state index contributed by atoms with van der Waals surface area (Å²) in [5.41, 5.74) is 4.53. The Morgan fingerprint density at radius 1 is 1.12 bits per heavy atom. The van der Waals surface area contributed by atoms with E-state index in [4.69, 9.17) is 21.7 Å². The zero-order chi connectivity index (χ0) is 22.0. The van der Waals surface area contributed by atoms with Crippen molar-refractivity contribution >= 4 is 29.3 Å². The maximum absolute atomic E-state index is 13.1. The van der Waals surface area contributed by atoms with Gasteiger partial charge in [0, 0.05) is 18.3 Å². The molecule has 2 atom stereocenters. The summed E-state index contributed by atoms with van der Waals surface area (Å²) in [6, 6.07) is 14.7. The number of benzene rings is 1. The molecular weight excluding hydrogens is 424 g/mol.